The number of pyridine rings is 1. The molecular formula is C15H9ClN2. The number of benzene rings is 2. The molecule has 2 heterocycles. The molecule has 0 fully saturated rings. The van der Waals surface area contributed by atoms with Crippen molar-refractivity contribution >= 4 is 44.3 Å². The van der Waals surface area contributed by atoms with Gasteiger partial charge in [-0.1, -0.05) is 29.8 Å². The number of H-pyrrole nitrogens is 1. The van der Waals surface area contributed by atoms with Gasteiger partial charge in [0.25, 0.3) is 0 Å². The van der Waals surface area contributed by atoms with E-state index in [0.29, 0.717) is 5.02 Å². The van der Waals surface area contributed by atoms with Crippen molar-refractivity contribution < 1.29 is 0 Å². The second-order valence-electron chi connectivity index (χ2n) is 4.38. The summed E-state index contributed by atoms with van der Waals surface area (Å²) in [5, 5.41) is 4.18. The minimum Gasteiger partial charge on any atom is -0.354 e. The van der Waals surface area contributed by atoms with E-state index in [1.54, 1.807) is 0 Å². The first-order valence-corrected chi connectivity index (χ1v) is 6.15. The Balaban J connectivity index is 2.28. The molecule has 0 atom stereocenters. The molecule has 86 valence electrons. The Bertz CT molecular complexity index is 893. The van der Waals surface area contributed by atoms with E-state index in [4.69, 9.17) is 11.6 Å². The predicted octanol–water partition coefficient (Wildman–Crippen LogP) is 4.52. The smallest absolute Gasteiger partial charge is 0.0738 e. The SMILES string of the molecule is Clc1ccc2c(c1)ncc1c3ccccc3[nH]c21. The maximum atomic E-state index is 6.00. The molecule has 0 unspecified atom stereocenters. The van der Waals surface area contributed by atoms with Crippen LogP contribution in [-0.4, -0.2) is 9.97 Å². The lowest BCUT2D eigenvalue weighted by Crippen LogP contribution is -1.80. The third-order valence-electron chi connectivity index (χ3n) is 3.31. The van der Waals surface area contributed by atoms with Crippen LogP contribution < -0.4 is 0 Å². The number of rotatable bonds is 0. The first-order valence-electron chi connectivity index (χ1n) is 5.77. The molecule has 0 amide bonds. The summed E-state index contributed by atoms with van der Waals surface area (Å²) >= 11 is 6.00. The van der Waals surface area contributed by atoms with Gasteiger partial charge >= 0.3 is 0 Å². The van der Waals surface area contributed by atoms with Crippen molar-refractivity contribution in [2.45, 2.75) is 0 Å². The van der Waals surface area contributed by atoms with Crippen LogP contribution in [0.15, 0.2) is 48.7 Å². The highest BCUT2D eigenvalue weighted by molar-refractivity contribution is 6.31. The molecule has 0 aliphatic carbocycles. The third kappa shape index (κ3) is 1.27. The molecule has 0 bridgehead atoms. The fourth-order valence-corrected chi connectivity index (χ4v) is 2.63. The van der Waals surface area contributed by atoms with E-state index < -0.39 is 0 Å². The molecular weight excluding hydrogens is 244 g/mol. The summed E-state index contributed by atoms with van der Waals surface area (Å²) in [7, 11) is 0. The van der Waals surface area contributed by atoms with Gasteiger partial charge in [0.2, 0.25) is 0 Å². The van der Waals surface area contributed by atoms with Crippen molar-refractivity contribution in [2.24, 2.45) is 0 Å². The lowest BCUT2D eigenvalue weighted by molar-refractivity contribution is 1.44. The number of hydrogen-bond acceptors (Lipinski definition) is 1. The lowest BCUT2D eigenvalue weighted by atomic mass is 10.1. The van der Waals surface area contributed by atoms with Crippen molar-refractivity contribution in [1.29, 1.82) is 0 Å². The highest BCUT2D eigenvalue weighted by Gasteiger charge is 2.07. The number of hydrogen-bond donors (Lipinski definition) is 1. The topological polar surface area (TPSA) is 28.7 Å². The van der Waals surface area contributed by atoms with E-state index in [1.807, 2.05) is 36.5 Å². The van der Waals surface area contributed by atoms with E-state index in [9.17, 15) is 0 Å². The van der Waals surface area contributed by atoms with Crippen molar-refractivity contribution in [3.8, 4) is 0 Å². The Morgan fingerprint density at radius 2 is 1.83 bits per heavy atom. The lowest BCUT2D eigenvalue weighted by Gasteiger charge is -1.99. The van der Waals surface area contributed by atoms with Gasteiger partial charge in [-0.25, -0.2) is 0 Å². The second kappa shape index (κ2) is 3.47. The zero-order valence-electron chi connectivity index (χ0n) is 9.44. The largest absolute Gasteiger partial charge is 0.354 e. The zero-order valence-corrected chi connectivity index (χ0v) is 10.2. The normalized spacial score (nSPS) is 11.6. The van der Waals surface area contributed by atoms with Crippen LogP contribution >= 0.6 is 11.6 Å². The summed E-state index contributed by atoms with van der Waals surface area (Å²) < 4.78 is 0. The van der Waals surface area contributed by atoms with E-state index in [0.717, 1.165) is 27.3 Å². The van der Waals surface area contributed by atoms with Crippen LogP contribution in [0.2, 0.25) is 5.02 Å². The number of para-hydroxylation sites is 1. The van der Waals surface area contributed by atoms with Gasteiger partial charge in [-0.05, 0) is 24.3 Å². The van der Waals surface area contributed by atoms with Gasteiger partial charge in [0, 0.05) is 32.9 Å². The average molecular weight is 253 g/mol. The van der Waals surface area contributed by atoms with Crippen LogP contribution in [0, 0.1) is 0 Å². The Labute approximate surface area is 108 Å². The van der Waals surface area contributed by atoms with Crippen LogP contribution in [0.1, 0.15) is 0 Å². The highest BCUT2D eigenvalue weighted by atomic mass is 35.5. The number of nitrogens with zero attached hydrogens (tertiary/aromatic N) is 1. The molecule has 1 N–H and O–H groups in total. The number of halogens is 1. The van der Waals surface area contributed by atoms with E-state index in [2.05, 4.69) is 22.1 Å². The standard InChI is InChI=1S/C15H9ClN2/c16-9-5-6-11-14(7-9)17-8-12-10-3-1-2-4-13(10)18-15(11)12/h1-8,18H. The molecule has 4 rings (SSSR count). The Morgan fingerprint density at radius 3 is 2.78 bits per heavy atom. The van der Waals surface area contributed by atoms with E-state index in [-0.39, 0.29) is 0 Å². The molecule has 0 spiro atoms. The molecule has 2 nitrogen and oxygen atoms in total. The van der Waals surface area contributed by atoms with E-state index >= 15 is 0 Å². The maximum absolute atomic E-state index is 6.00. The molecule has 0 aliphatic rings. The zero-order chi connectivity index (χ0) is 12.1. The van der Waals surface area contributed by atoms with Gasteiger partial charge in [-0.2, -0.15) is 0 Å². The van der Waals surface area contributed by atoms with Crippen molar-refractivity contribution in [1.82, 2.24) is 9.97 Å². The number of nitrogens with one attached hydrogen (secondary N) is 1. The molecule has 0 saturated carbocycles. The molecule has 4 aromatic rings. The minimum absolute atomic E-state index is 0.713. The van der Waals surface area contributed by atoms with E-state index in [1.165, 1.54) is 5.39 Å². The Morgan fingerprint density at radius 1 is 0.944 bits per heavy atom. The average Bonchev–Trinajstić information content (AvgIpc) is 2.77. The summed E-state index contributed by atoms with van der Waals surface area (Å²) in [6.45, 7) is 0. The van der Waals surface area contributed by atoms with Gasteiger partial charge in [-0.15, -0.1) is 0 Å². The number of aromatic amines is 1. The van der Waals surface area contributed by atoms with Crippen LogP contribution in [0.3, 0.4) is 0 Å². The summed E-state index contributed by atoms with van der Waals surface area (Å²) in [5.41, 5.74) is 3.18. The quantitative estimate of drug-likeness (QED) is 0.490. The molecule has 0 aliphatic heterocycles. The van der Waals surface area contributed by atoms with Crippen LogP contribution in [-0.2, 0) is 0 Å². The maximum Gasteiger partial charge on any atom is 0.0738 e. The molecule has 0 radical (unpaired) electrons. The molecule has 0 saturated heterocycles. The molecule has 3 heteroatoms. The Kier molecular flexibility index (Phi) is 1.91. The van der Waals surface area contributed by atoms with Gasteiger partial charge in [-0.3, -0.25) is 4.98 Å². The minimum atomic E-state index is 0.713. The van der Waals surface area contributed by atoms with Crippen LogP contribution in [0.25, 0.3) is 32.7 Å². The van der Waals surface area contributed by atoms with Crippen molar-refractivity contribution in [2.75, 3.05) is 0 Å². The summed E-state index contributed by atoms with van der Waals surface area (Å²) in [6, 6.07) is 14.1. The van der Waals surface area contributed by atoms with Gasteiger partial charge in [0.1, 0.15) is 0 Å². The molecule has 2 aromatic carbocycles. The Hall–Kier alpha value is -2.06. The monoisotopic (exact) mass is 252 g/mol. The second-order valence-corrected chi connectivity index (χ2v) is 4.82. The van der Waals surface area contributed by atoms with Crippen molar-refractivity contribution in [3.63, 3.8) is 0 Å². The van der Waals surface area contributed by atoms with Crippen molar-refractivity contribution in [3.05, 3.63) is 53.7 Å². The summed E-state index contributed by atoms with van der Waals surface area (Å²) in [6.07, 6.45) is 1.91. The fraction of sp³-hybridized carbons (Fsp3) is 0. The van der Waals surface area contributed by atoms with Gasteiger partial charge < -0.3 is 4.98 Å². The number of aromatic nitrogens is 2. The van der Waals surface area contributed by atoms with Gasteiger partial charge in [0.05, 0.1) is 11.0 Å². The number of fused-ring (bicyclic) bond motifs is 5. The fourth-order valence-electron chi connectivity index (χ4n) is 2.47. The molecule has 18 heavy (non-hydrogen) atoms. The van der Waals surface area contributed by atoms with Crippen LogP contribution in [0.5, 0.6) is 0 Å². The first kappa shape index (κ1) is 9.92. The highest BCUT2D eigenvalue weighted by Crippen LogP contribution is 2.30. The summed E-state index contributed by atoms with van der Waals surface area (Å²) in [4.78, 5) is 7.95. The predicted molar refractivity (Wildman–Crippen MR) is 76.1 cm³/mol. The molecule has 2 aromatic heterocycles. The van der Waals surface area contributed by atoms with Gasteiger partial charge in [0.15, 0.2) is 0 Å². The summed E-state index contributed by atoms with van der Waals surface area (Å²) in [5.74, 6) is 0. The third-order valence-corrected chi connectivity index (χ3v) is 3.54. The first-order chi connectivity index (χ1) is 8.83. The van der Waals surface area contributed by atoms with Crippen LogP contribution in [0.4, 0.5) is 0 Å².